The first-order valence-corrected chi connectivity index (χ1v) is 10.6. The zero-order chi connectivity index (χ0) is 22.4. The van der Waals surface area contributed by atoms with Gasteiger partial charge in [-0.3, -0.25) is 4.79 Å². The molecule has 0 spiro atoms. The Morgan fingerprint density at radius 2 is 2.19 bits per heavy atom. The van der Waals surface area contributed by atoms with Crippen LogP contribution in [0.15, 0.2) is 24.5 Å². The molecule has 2 aliphatic rings. The Labute approximate surface area is 184 Å². The summed E-state index contributed by atoms with van der Waals surface area (Å²) in [6.45, 7) is 3.14. The number of benzene rings is 1. The van der Waals surface area contributed by atoms with E-state index in [0.717, 1.165) is 17.7 Å². The number of rotatable bonds is 5. The van der Waals surface area contributed by atoms with Crippen LogP contribution in [0.2, 0.25) is 0 Å². The number of pyridine rings is 2. The lowest BCUT2D eigenvalue weighted by molar-refractivity contribution is -0.117. The van der Waals surface area contributed by atoms with Gasteiger partial charge in [-0.2, -0.15) is 0 Å². The van der Waals surface area contributed by atoms with Crippen LogP contribution in [0.25, 0.3) is 21.9 Å². The van der Waals surface area contributed by atoms with Gasteiger partial charge in [-0.1, -0.05) is 0 Å². The first kappa shape index (κ1) is 20.4. The van der Waals surface area contributed by atoms with E-state index in [0.29, 0.717) is 53.2 Å². The van der Waals surface area contributed by atoms with Crippen molar-refractivity contribution in [2.24, 2.45) is 11.8 Å². The lowest BCUT2D eigenvalue weighted by Gasteiger charge is -2.22. The van der Waals surface area contributed by atoms with Crippen molar-refractivity contribution >= 4 is 33.9 Å². The van der Waals surface area contributed by atoms with Gasteiger partial charge in [0.1, 0.15) is 18.1 Å². The number of fused-ring (bicyclic) bond motifs is 2. The van der Waals surface area contributed by atoms with Gasteiger partial charge in [-0.25, -0.2) is 14.4 Å². The van der Waals surface area contributed by atoms with Crippen molar-refractivity contribution in [2.75, 3.05) is 36.1 Å². The number of halogens is 1. The summed E-state index contributed by atoms with van der Waals surface area (Å²) in [5, 5.41) is 16.2. The molecule has 8 nitrogen and oxygen atoms in total. The fraction of sp³-hybridized carbons (Fsp3) is 0.348. The molecule has 1 aliphatic heterocycles. The highest BCUT2D eigenvalue weighted by atomic mass is 19.1. The Kier molecular flexibility index (Phi) is 5.05. The highest BCUT2D eigenvalue weighted by Gasteiger charge is 2.42. The van der Waals surface area contributed by atoms with E-state index < -0.39 is 5.82 Å². The van der Waals surface area contributed by atoms with Crippen molar-refractivity contribution in [3.05, 3.63) is 35.9 Å². The van der Waals surface area contributed by atoms with E-state index in [1.165, 1.54) is 6.20 Å². The molecule has 1 aliphatic carbocycles. The normalized spacial score (nSPS) is 19.1. The first-order chi connectivity index (χ1) is 15.5. The monoisotopic (exact) mass is 437 g/mol. The number of aromatic nitrogens is 2. The second-order valence-electron chi connectivity index (χ2n) is 8.30. The molecule has 1 amide bonds. The van der Waals surface area contributed by atoms with Crippen molar-refractivity contribution in [2.45, 2.75) is 19.8 Å². The molecule has 3 heterocycles. The van der Waals surface area contributed by atoms with E-state index in [-0.39, 0.29) is 30.0 Å². The third-order valence-electron chi connectivity index (χ3n) is 6.25. The summed E-state index contributed by atoms with van der Waals surface area (Å²) >= 11 is 0. The second kappa shape index (κ2) is 7.90. The Morgan fingerprint density at radius 3 is 3.00 bits per heavy atom. The van der Waals surface area contributed by atoms with Crippen molar-refractivity contribution in [3.63, 3.8) is 0 Å². The second-order valence-corrected chi connectivity index (χ2v) is 8.30. The summed E-state index contributed by atoms with van der Waals surface area (Å²) < 4.78 is 20.8. The van der Waals surface area contributed by atoms with Crippen LogP contribution < -0.4 is 21.1 Å². The van der Waals surface area contributed by atoms with Crippen molar-refractivity contribution < 1.29 is 19.0 Å². The number of carbonyl (C=O) groups excluding carboxylic acids is 1. The number of nitrogen functional groups attached to an aromatic ring is 1. The zero-order valence-electron chi connectivity index (χ0n) is 17.6. The van der Waals surface area contributed by atoms with Crippen LogP contribution in [0.1, 0.15) is 18.4 Å². The number of aliphatic hydroxyl groups is 1. The molecule has 1 saturated carbocycles. The average Bonchev–Trinajstić information content (AvgIpc) is 3.57. The molecule has 0 bridgehead atoms. The number of nitrogens with one attached hydrogen (secondary N) is 2. The van der Waals surface area contributed by atoms with Crippen LogP contribution in [-0.2, 0) is 4.79 Å². The van der Waals surface area contributed by atoms with Crippen LogP contribution in [0.4, 0.5) is 21.6 Å². The highest BCUT2D eigenvalue weighted by Crippen LogP contribution is 2.42. The predicted molar refractivity (Wildman–Crippen MR) is 120 cm³/mol. The number of aliphatic hydroxyl groups excluding tert-OH is 1. The van der Waals surface area contributed by atoms with E-state index in [4.69, 9.17) is 15.6 Å². The molecule has 2 atom stereocenters. The van der Waals surface area contributed by atoms with Crippen molar-refractivity contribution in [1.82, 2.24) is 9.97 Å². The minimum atomic E-state index is -0.539. The molecule has 3 aromatic rings. The highest BCUT2D eigenvalue weighted by molar-refractivity contribution is 6.00. The van der Waals surface area contributed by atoms with Gasteiger partial charge in [-0.15, -0.1) is 0 Å². The van der Waals surface area contributed by atoms with Gasteiger partial charge in [0, 0.05) is 48.0 Å². The molecule has 5 rings (SSSR count). The zero-order valence-corrected chi connectivity index (χ0v) is 17.6. The first-order valence-electron chi connectivity index (χ1n) is 10.6. The average molecular weight is 437 g/mol. The smallest absolute Gasteiger partial charge is 0.237 e. The van der Waals surface area contributed by atoms with Gasteiger partial charge < -0.3 is 26.2 Å². The number of hydrogen-bond donors (Lipinski definition) is 4. The van der Waals surface area contributed by atoms with Gasteiger partial charge in [0.25, 0.3) is 0 Å². The molecular weight excluding hydrogens is 413 g/mol. The third kappa shape index (κ3) is 3.48. The summed E-state index contributed by atoms with van der Waals surface area (Å²) in [7, 11) is 0. The molecule has 166 valence electrons. The van der Waals surface area contributed by atoms with E-state index in [1.807, 2.05) is 6.92 Å². The maximum atomic E-state index is 15.2. The SMILES string of the molecule is Cc1c(-c2cc3cc(NC(=O)C4CC4CCO)ncc3c(N)c2F)cnc2c1NCCO2. The molecule has 9 heteroatoms. The Hall–Kier alpha value is -3.46. The van der Waals surface area contributed by atoms with Gasteiger partial charge in [0.2, 0.25) is 11.8 Å². The van der Waals surface area contributed by atoms with Crippen LogP contribution in [0.3, 0.4) is 0 Å². The summed E-state index contributed by atoms with van der Waals surface area (Å²) in [5.74, 6) is 0.333. The van der Waals surface area contributed by atoms with Gasteiger partial charge >= 0.3 is 0 Å². The minimum absolute atomic E-state index is 0.00518. The number of hydrogen-bond acceptors (Lipinski definition) is 7. The maximum Gasteiger partial charge on any atom is 0.237 e. The maximum absolute atomic E-state index is 15.2. The van der Waals surface area contributed by atoms with Crippen molar-refractivity contribution in [3.8, 4) is 17.0 Å². The number of nitrogens with zero attached hydrogens (tertiary/aromatic N) is 2. The van der Waals surface area contributed by atoms with Gasteiger partial charge in [0.15, 0.2) is 5.82 Å². The summed E-state index contributed by atoms with van der Waals surface area (Å²) in [6.07, 6.45) is 4.45. The number of ether oxygens (including phenoxy) is 1. The predicted octanol–water partition coefficient (Wildman–Crippen LogP) is 3.09. The topological polar surface area (TPSA) is 122 Å². The molecule has 0 radical (unpaired) electrons. The number of nitrogens with two attached hydrogens (primary N) is 1. The summed E-state index contributed by atoms with van der Waals surface area (Å²) in [4.78, 5) is 21.0. The summed E-state index contributed by atoms with van der Waals surface area (Å²) in [5.41, 5.74) is 8.61. The molecule has 0 saturated heterocycles. The van der Waals surface area contributed by atoms with E-state index >= 15 is 4.39 Å². The number of carbonyl (C=O) groups is 1. The van der Waals surface area contributed by atoms with Crippen LogP contribution in [0.5, 0.6) is 5.88 Å². The van der Waals surface area contributed by atoms with E-state index in [2.05, 4.69) is 20.6 Å². The Morgan fingerprint density at radius 1 is 1.34 bits per heavy atom. The standard InChI is InChI=1S/C23H24FN5O3/c1-11-16(9-28-23-21(11)26-3-5-32-23)15-7-13-8-18(27-10-17(13)20(25)19(15)24)29-22(31)14-6-12(14)2-4-30/h7-10,12,14,26,30H,2-6,25H2,1H3,(H,27,29,31). The molecule has 1 fully saturated rings. The lowest BCUT2D eigenvalue weighted by Crippen LogP contribution is -2.20. The van der Waals surface area contributed by atoms with E-state index in [1.54, 1.807) is 18.3 Å². The minimum Gasteiger partial charge on any atom is -0.474 e. The van der Waals surface area contributed by atoms with Crippen LogP contribution in [-0.4, -0.2) is 40.7 Å². The fourth-order valence-corrected chi connectivity index (χ4v) is 4.33. The van der Waals surface area contributed by atoms with Crippen LogP contribution >= 0.6 is 0 Å². The molecule has 5 N–H and O–H groups in total. The largest absolute Gasteiger partial charge is 0.474 e. The molecule has 1 aromatic carbocycles. The van der Waals surface area contributed by atoms with Crippen LogP contribution in [0, 0.1) is 24.6 Å². The quantitative estimate of drug-likeness (QED) is 0.453. The van der Waals surface area contributed by atoms with Crippen molar-refractivity contribution in [1.29, 1.82) is 0 Å². The molecule has 2 unspecified atom stereocenters. The number of amides is 1. The van der Waals surface area contributed by atoms with E-state index in [9.17, 15) is 4.79 Å². The molecule has 32 heavy (non-hydrogen) atoms. The van der Waals surface area contributed by atoms with Gasteiger partial charge in [-0.05, 0) is 48.8 Å². The fourth-order valence-electron chi connectivity index (χ4n) is 4.33. The number of anilines is 3. The Bertz CT molecular complexity index is 1230. The Balaban J connectivity index is 1.51. The third-order valence-corrected chi connectivity index (χ3v) is 6.25. The lowest BCUT2D eigenvalue weighted by atomic mass is 9.97. The molecular formula is C23H24FN5O3. The van der Waals surface area contributed by atoms with Gasteiger partial charge in [0.05, 0.1) is 5.69 Å². The molecule has 2 aromatic heterocycles. The summed E-state index contributed by atoms with van der Waals surface area (Å²) in [6, 6.07) is 3.39.